The Bertz CT molecular complexity index is 120. The summed E-state index contributed by atoms with van der Waals surface area (Å²) in [6.07, 6.45) is 5.59. The topological polar surface area (TPSA) is 3.24 Å². The molecule has 0 aromatic rings. The Balaban J connectivity index is 2.30. The minimum Gasteiger partial charge on any atom is -0.300 e. The van der Waals surface area contributed by atoms with E-state index >= 15 is 0 Å². The molecule has 1 unspecified atom stereocenters. The fourth-order valence-corrected chi connectivity index (χ4v) is 2.29. The SMILES string of the molecule is CCCN1CCCC1CC(C)C. The Morgan fingerprint density at radius 2 is 2.17 bits per heavy atom. The van der Waals surface area contributed by atoms with E-state index in [1.165, 1.54) is 38.8 Å². The van der Waals surface area contributed by atoms with Gasteiger partial charge in [-0.15, -0.1) is 0 Å². The van der Waals surface area contributed by atoms with E-state index in [9.17, 15) is 0 Å². The smallest absolute Gasteiger partial charge is 0.00981 e. The first kappa shape index (κ1) is 10.0. The molecule has 0 aromatic carbocycles. The van der Waals surface area contributed by atoms with Gasteiger partial charge in [0.15, 0.2) is 0 Å². The van der Waals surface area contributed by atoms with Crippen LogP contribution in [0.25, 0.3) is 0 Å². The summed E-state index contributed by atoms with van der Waals surface area (Å²) in [5.41, 5.74) is 0. The van der Waals surface area contributed by atoms with Crippen molar-refractivity contribution in [3.8, 4) is 0 Å². The summed E-state index contributed by atoms with van der Waals surface area (Å²) in [5.74, 6) is 0.868. The van der Waals surface area contributed by atoms with Crippen LogP contribution >= 0.6 is 0 Å². The van der Waals surface area contributed by atoms with Gasteiger partial charge in [0.2, 0.25) is 0 Å². The van der Waals surface area contributed by atoms with Gasteiger partial charge in [-0.1, -0.05) is 20.8 Å². The van der Waals surface area contributed by atoms with Crippen LogP contribution in [0.15, 0.2) is 0 Å². The van der Waals surface area contributed by atoms with E-state index in [2.05, 4.69) is 25.7 Å². The molecular weight excluding hydrogens is 146 g/mol. The molecule has 1 nitrogen and oxygen atoms in total. The molecule has 1 fully saturated rings. The Kier molecular flexibility index (Phi) is 4.07. The third-order valence-electron chi connectivity index (χ3n) is 2.75. The minimum atomic E-state index is 0.868. The zero-order valence-electron chi connectivity index (χ0n) is 8.84. The fourth-order valence-electron chi connectivity index (χ4n) is 2.29. The van der Waals surface area contributed by atoms with Crippen LogP contribution in [-0.4, -0.2) is 24.0 Å². The highest BCUT2D eigenvalue weighted by atomic mass is 15.2. The van der Waals surface area contributed by atoms with Crippen LogP contribution in [-0.2, 0) is 0 Å². The normalized spacial score (nSPS) is 25.5. The summed E-state index contributed by atoms with van der Waals surface area (Å²) in [6.45, 7) is 9.62. The number of rotatable bonds is 4. The van der Waals surface area contributed by atoms with Gasteiger partial charge in [-0.05, 0) is 44.7 Å². The van der Waals surface area contributed by atoms with Crippen molar-refractivity contribution in [1.29, 1.82) is 0 Å². The molecule has 1 rings (SSSR count). The van der Waals surface area contributed by atoms with Crippen molar-refractivity contribution >= 4 is 0 Å². The zero-order valence-corrected chi connectivity index (χ0v) is 8.84. The predicted molar refractivity (Wildman–Crippen MR) is 54.3 cm³/mol. The monoisotopic (exact) mass is 169 g/mol. The fraction of sp³-hybridized carbons (Fsp3) is 1.00. The standard InChI is InChI=1S/C11H23N/c1-4-7-12-8-5-6-11(12)9-10(2)3/h10-11H,4-9H2,1-3H3. The number of likely N-dealkylation sites (tertiary alicyclic amines) is 1. The number of nitrogens with zero attached hydrogens (tertiary/aromatic N) is 1. The Labute approximate surface area is 77.1 Å². The molecule has 1 aliphatic heterocycles. The summed E-state index contributed by atoms with van der Waals surface area (Å²) in [7, 11) is 0. The van der Waals surface area contributed by atoms with Crippen molar-refractivity contribution in [2.45, 2.75) is 52.5 Å². The average molecular weight is 169 g/mol. The second-order valence-electron chi connectivity index (χ2n) is 4.46. The second kappa shape index (κ2) is 4.86. The lowest BCUT2D eigenvalue weighted by Gasteiger charge is -2.25. The van der Waals surface area contributed by atoms with Crippen molar-refractivity contribution in [3.05, 3.63) is 0 Å². The third kappa shape index (κ3) is 2.78. The highest BCUT2D eigenvalue weighted by molar-refractivity contribution is 4.79. The number of hydrogen-bond donors (Lipinski definition) is 0. The van der Waals surface area contributed by atoms with Crippen LogP contribution < -0.4 is 0 Å². The highest BCUT2D eigenvalue weighted by Gasteiger charge is 2.23. The van der Waals surface area contributed by atoms with Gasteiger partial charge in [-0.2, -0.15) is 0 Å². The molecule has 0 aliphatic carbocycles. The van der Waals surface area contributed by atoms with Crippen molar-refractivity contribution < 1.29 is 0 Å². The molecule has 0 N–H and O–H groups in total. The lowest BCUT2D eigenvalue weighted by atomic mass is 10.0. The summed E-state index contributed by atoms with van der Waals surface area (Å²) < 4.78 is 0. The van der Waals surface area contributed by atoms with E-state index in [1.54, 1.807) is 0 Å². The first-order valence-corrected chi connectivity index (χ1v) is 5.48. The van der Waals surface area contributed by atoms with Gasteiger partial charge < -0.3 is 4.90 Å². The molecular formula is C11H23N. The van der Waals surface area contributed by atoms with E-state index in [0.717, 1.165) is 12.0 Å². The summed E-state index contributed by atoms with van der Waals surface area (Å²) >= 11 is 0. The Morgan fingerprint density at radius 3 is 2.75 bits per heavy atom. The van der Waals surface area contributed by atoms with Crippen LogP contribution in [0.1, 0.15) is 46.5 Å². The predicted octanol–water partition coefficient (Wildman–Crippen LogP) is 2.91. The van der Waals surface area contributed by atoms with E-state index < -0.39 is 0 Å². The van der Waals surface area contributed by atoms with Gasteiger partial charge in [-0.3, -0.25) is 0 Å². The van der Waals surface area contributed by atoms with Crippen molar-refractivity contribution in [3.63, 3.8) is 0 Å². The first-order chi connectivity index (χ1) is 5.74. The summed E-state index contributed by atoms with van der Waals surface area (Å²) in [5, 5.41) is 0. The molecule has 12 heavy (non-hydrogen) atoms. The van der Waals surface area contributed by atoms with Gasteiger partial charge in [0, 0.05) is 6.04 Å². The van der Waals surface area contributed by atoms with E-state index in [0.29, 0.717) is 0 Å². The molecule has 0 saturated carbocycles. The van der Waals surface area contributed by atoms with Crippen LogP contribution in [0.4, 0.5) is 0 Å². The van der Waals surface area contributed by atoms with Crippen molar-refractivity contribution in [2.75, 3.05) is 13.1 Å². The molecule has 1 aliphatic rings. The second-order valence-corrected chi connectivity index (χ2v) is 4.46. The molecule has 0 spiro atoms. The van der Waals surface area contributed by atoms with Crippen LogP contribution in [0.3, 0.4) is 0 Å². The van der Waals surface area contributed by atoms with E-state index in [-0.39, 0.29) is 0 Å². The lowest BCUT2D eigenvalue weighted by Crippen LogP contribution is -2.31. The molecule has 1 heterocycles. The quantitative estimate of drug-likeness (QED) is 0.625. The molecule has 0 amide bonds. The van der Waals surface area contributed by atoms with Gasteiger partial charge in [0.05, 0.1) is 0 Å². The average Bonchev–Trinajstić information content (AvgIpc) is 2.37. The minimum absolute atomic E-state index is 0.868. The third-order valence-corrected chi connectivity index (χ3v) is 2.75. The van der Waals surface area contributed by atoms with Gasteiger partial charge in [-0.25, -0.2) is 0 Å². The van der Waals surface area contributed by atoms with Gasteiger partial charge >= 0.3 is 0 Å². The lowest BCUT2D eigenvalue weighted by molar-refractivity contribution is 0.226. The van der Waals surface area contributed by atoms with E-state index in [4.69, 9.17) is 0 Å². The Morgan fingerprint density at radius 1 is 1.42 bits per heavy atom. The molecule has 0 aromatic heterocycles. The summed E-state index contributed by atoms with van der Waals surface area (Å²) in [6, 6.07) is 0.907. The molecule has 1 heteroatoms. The molecule has 0 radical (unpaired) electrons. The largest absolute Gasteiger partial charge is 0.300 e. The first-order valence-electron chi connectivity index (χ1n) is 5.48. The van der Waals surface area contributed by atoms with Crippen LogP contribution in [0.5, 0.6) is 0 Å². The highest BCUT2D eigenvalue weighted by Crippen LogP contribution is 2.22. The molecule has 1 atom stereocenters. The van der Waals surface area contributed by atoms with Gasteiger partial charge in [0.1, 0.15) is 0 Å². The Hall–Kier alpha value is -0.0400. The molecule has 1 saturated heterocycles. The number of hydrogen-bond acceptors (Lipinski definition) is 1. The summed E-state index contributed by atoms with van der Waals surface area (Å²) in [4.78, 5) is 2.68. The maximum absolute atomic E-state index is 2.68. The molecule has 72 valence electrons. The van der Waals surface area contributed by atoms with E-state index in [1.807, 2.05) is 0 Å². The maximum atomic E-state index is 2.68. The van der Waals surface area contributed by atoms with Gasteiger partial charge in [0.25, 0.3) is 0 Å². The van der Waals surface area contributed by atoms with Crippen LogP contribution in [0.2, 0.25) is 0 Å². The van der Waals surface area contributed by atoms with Crippen molar-refractivity contribution in [1.82, 2.24) is 4.90 Å². The van der Waals surface area contributed by atoms with Crippen LogP contribution in [0, 0.1) is 5.92 Å². The molecule has 0 bridgehead atoms. The maximum Gasteiger partial charge on any atom is 0.00981 e. The zero-order chi connectivity index (χ0) is 8.97. The van der Waals surface area contributed by atoms with Crippen molar-refractivity contribution in [2.24, 2.45) is 5.92 Å².